The zero-order valence-electron chi connectivity index (χ0n) is 9.14. The highest BCUT2D eigenvalue weighted by molar-refractivity contribution is 5.91. The highest BCUT2D eigenvalue weighted by Gasteiger charge is 2.15. The highest BCUT2D eigenvalue weighted by Crippen LogP contribution is 2.29. The first-order valence-corrected chi connectivity index (χ1v) is 4.80. The number of ether oxygens (including phenoxy) is 1. The third kappa shape index (κ3) is 3.10. The van der Waals surface area contributed by atoms with Gasteiger partial charge in [-0.3, -0.25) is 4.79 Å². The molecule has 0 aliphatic rings. The fourth-order valence-electron chi connectivity index (χ4n) is 1.39. The Hall–Kier alpha value is -2.24. The molecule has 0 bridgehead atoms. The largest absolute Gasteiger partial charge is 0.508 e. The summed E-state index contributed by atoms with van der Waals surface area (Å²) in [6, 6.07) is 2.39. The fourth-order valence-corrected chi connectivity index (χ4v) is 1.39. The number of carboxylic acids is 2. The number of hydrogen-bond acceptors (Lipinski definition) is 4. The molecule has 3 N–H and O–H groups in total. The Labute approximate surface area is 97.1 Å². The smallest absolute Gasteiger partial charge is 0.339 e. The maximum absolute atomic E-state index is 10.9. The Bertz CT molecular complexity index is 452. The van der Waals surface area contributed by atoms with Crippen LogP contribution in [0.5, 0.6) is 11.5 Å². The molecule has 0 saturated carbocycles. The van der Waals surface area contributed by atoms with Crippen molar-refractivity contribution in [1.29, 1.82) is 0 Å². The normalized spacial score (nSPS) is 9.94. The van der Waals surface area contributed by atoms with Crippen molar-refractivity contribution in [3.8, 4) is 11.5 Å². The number of aromatic carboxylic acids is 1. The number of phenolic OH excluding ortho intramolecular Hbond substituents is 1. The van der Waals surface area contributed by atoms with E-state index in [-0.39, 0.29) is 35.5 Å². The molecular formula is C11H12O6. The van der Waals surface area contributed by atoms with Gasteiger partial charge in [0.15, 0.2) is 0 Å². The van der Waals surface area contributed by atoms with Crippen LogP contribution in [-0.2, 0) is 11.2 Å². The molecule has 0 unspecified atom stereocenters. The highest BCUT2D eigenvalue weighted by atomic mass is 16.5. The van der Waals surface area contributed by atoms with E-state index in [4.69, 9.17) is 14.9 Å². The third-order valence-electron chi connectivity index (χ3n) is 2.24. The molecule has 0 saturated heterocycles. The van der Waals surface area contributed by atoms with Crippen LogP contribution >= 0.6 is 0 Å². The SMILES string of the molecule is COc1cc(O)c(CCC(=O)O)cc1C(=O)O. The van der Waals surface area contributed by atoms with Gasteiger partial charge in [-0.2, -0.15) is 0 Å². The number of aromatic hydroxyl groups is 1. The second-order valence-electron chi connectivity index (χ2n) is 3.38. The van der Waals surface area contributed by atoms with Crippen molar-refractivity contribution in [1.82, 2.24) is 0 Å². The predicted octanol–water partition coefficient (Wildman–Crippen LogP) is 1.12. The van der Waals surface area contributed by atoms with Gasteiger partial charge in [-0.1, -0.05) is 0 Å². The average molecular weight is 240 g/mol. The maximum Gasteiger partial charge on any atom is 0.339 e. The van der Waals surface area contributed by atoms with Crippen LogP contribution < -0.4 is 4.74 Å². The van der Waals surface area contributed by atoms with Crippen molar-refractivity contribution in [2.24, 2.45) is 0 Å². The number of carboxylic acid groups (broad SMARTS) is 2. The Morgan fingerprint density at radius 3 is 2.41 bits per heavy atom. The number of methoxy groups -OCH3 is 1. The van der Waals surface area contributed by atoms with Crippen molar-refractivity contribution in [3.63, 3.8) is 0 Å². The summed E-state index contributed by atoms with van der Waals surface area (Å²) >= 11 is 0. The van der Waals surface area contributed by atoms with E-state index in [1.807, 2.05) is 0 Å². The van der Waals surface area contributed by atoms with Crippen LogP contribution in [-0.4, -0.2) is 34.4 Å². The van der Waals surface area contributed by atoms with Gasteiger partial charge in [0.05, 0.1) is 7.11 Å². The van der Waals surface area contributed by atoms with Gasteiger partial charge >= 0.3 is 11.9 Å². The molecule has 17 heavy (non-hydrogen) atoms. The molecule has 1 aromatic rings. The zero-order valence-corrected chi connectivity index (χ0v) is 9.14. The number of carbonyl (C=O) groups is 2. The van der Waals surface area contributed by atoms with Crippen LogP contribution in [0.1, 0.15) is 22.3 Å². The summed E-state index contributed by atoms with van der Waals surface area (Å²) in [5, 5.41) is 27.0. The first kappa shape index (κ1) is 12.8. The van der Waals surface area contributed by atoms with E-state index < -0.39 is 11.9 Å². The van der Waals surface area contributed by atoms with E-state index >= 15 is 0 Å². The molecule has 92 valence electrons. The Morgan fingerprint density at radius 1 is 1.29 bits per heavy atom. The van der Waals surface area contributed by atoms with Crippen LogP contribution in [0.2, 0.25) is 0 Å². The number of rotatable bonds is 5. The van der Waals surface area contributed by atoms with Gasteiger partial charge in [0.1, 0.15) is 17.1 Å². The number of benzene rings is 1. The predicted molar refractivity (Wildman–Crippen MR) is 57.6 cm³/mol. The zero-order chi connectivity index (χ0) is 13.0. The van der Waals surface area contributed by atoms with Crippen LogP contribution in [0.4, 0.5) is 0 Å². The van der Waals surface area contributed by atoms with E-state index in [2.05, 4.69) is 0 Å². The van der Waals surface area contributed by atoms with Gasteiger partial charge in [-0.25, -0.2) is 4.79 Å². The quantitative estimate of drug-likeness (QED) is 0.712. The molecule has 0 radical (unpaired) electrons. The fraction of sp³-hybridized carbons (Fsp3) is 0.273. The first-order valence-electron chi connectivity index (χ1n) is 4.80. The summed E-state index contributed by atoms with van der Waals surface area (Å²) in [6.07, 6.45) is -0.121. The van der Waals surface area contributed by atoms with Crippen LogP contribution in [0.15, 0.2) is 12.1 Å². The minimum atomic E-state index is -1.20. The van der Waals surface area contributed by atoms with Crippen molar-refractivity contribution in [2.75, 3.05) is 7.11 Å². The number of hydrogen-bond donors (Lipinski definition) is 3. The summed E-state index contributed by atoms with van der Waals surface area (Å²) in [5.41, 5.74) is 0.163. The molecule has 0 atom stereocenters. The van der Waals surface area contributed by atoms with Gasteiger partial charge in [-0.15, -0.1) is 0 Å². The second-order valence-corrected chi connectivity index (χ2v) is 3.38. The molecule has 6 nitrogen and oxygen atoms in total. The molecule has 1 aromatic carbocycles. The summed E-state index contributed by atoms with van der Waals surface area (Å²) < 4.78 is 4.81. The summed E-state index contributed by atoms with van der Waals surface area (Å²) in [7, 11) is 1.29. The lowest BCUT2D eigenvalue weighted by Gasteiger charge is -2.09. The molecule has 1 rings (SSSR count). The number of aliphatic carboxylic acids is 1. The maximum atomic E-state index is 10.9. The Balaban J connectivity index is 3.10. The van der Waals surface area contributed by atoms with E-state index in [0.29, 0.717) is 0 Å². The molecular weight excluding hydrogens is 228 g/mol. The molecule has 6 heteroatoms. The van der Waals surface area contributed by atoms with Crippen molar-refractivity contribution in [3.05, 3.63) is 23.3 Å². The number of phenols is 1. The lowest BCUT2D eigenvalue weighted by molar-refractivity contribution is -0.136. The van der Waals surface area contributed by atoms with Crippen LogP contribution in [0.25, 0.3) is 0 Å². The van der Waals surface area contributed by atoms with E-state index in [0.717, 1.165) is 0 Å². The van der Waals surface area contributed by atoms with Gasteiger partial charge in [-0.05, 0) is 18.1 Å². The standard InChI is InChI=1S/C11H12O6/c1-17-9-5-8(12)6(2-3-10(13)14)4-7(9)11(15)16/h4-5,12H,2-3H2,1H3,(H,13,14)(H,15,16). The minimum Gasteiger partial charge on any atom is -0.508 e. The first-order chi connectivity index (χ1) is 7.95. The van der Waals surface area contributed by atoms with Gasteiger partial charge < -0.3 is 20.1 Å². The second kappa shape index (κ2) is 5.20. The molecule has 0 aliphatic carbocycles. The number of aryl methyl sites for hydroxylation is 1. The monoisotopic (exact) mass is 240 g/mol. The minimum absolute atomic E-state index is 0.0362. The van der Waals surface area contributed by atoms with E-state index in [1.165, 1.54) is 19.2 Å². The van der Waals surface area contributed by atoms with E-state index in [1.54, 1.807) is 0 Å². The Morgan fingerprint density at radius 2 is 1.94 bits per heavy atom. The van der Waals surface area contributed by atoms with Crippen molar-refractivity contribution < 1.29 is 29.6 Å². The average Bonchev–Trinajstić information content (AvgIpc) is 2.26. The summed E-state index contributed by atoms with van der Waals surface area (Å²) in [5.74, 6) is -2.35. The molecule has 0 aromatic heterocycles. The van der Waals surface area contributed by atoms with Crippen molar-refractivity contribution >= 4 is 11.9 Å². The third-order valence-corrected chi connectivity index (χ3v) is 2.24. The van der Waals surface area contributed by atoms with Crippen molar-refractivity contribution in [2.45, 2.75) is 12.8 Å². The molecule has 0 heterocycles. The molecule has 0 amide bonds. The molecule has 0 spiro atoms. The van der Waals surface area contributed by atoms with Gasteiger partial charge in [0, 0.05) is 12.5 Å². The van der Waals surface area contributed by atoms with Gasteiger partial charge in [0.25, 0.3) is 0 Å². The van der Waals surface area contributed by atoms with Crippen LogP contribution in [0.3, 0.4) is 0 Å². The van der Waals surface area contributed by atoms with Crippen LogP contribution in [0, 0.1) is 0 Å². The summed E-state index contributed by atoms with van der Waals surface area (Å²) in [4.78, 5) is 21.3. The molecule has 0 fully saturated rings. The van der Waals surface area contributed by atoms with Gasteiger partial charge in [0.2, 0.25) is 0 Å². The van der Waals surface area contributed by atoms with E-state index in [9.17, 15) is 14.7 Å². The molecule has 0 aliphatic heterocycles. The lowest BCUT2D eigenvalue weighted by Crippen LogP contribution is -2.03. The summed E-state index contributed by atoms with van der Waals surface area (Å²) in [6.45, 7) is 0. The lowest BCUT2D eigenvalue weighted by atomic mass is 10.0. The topological polar surface area (TPSA) is 104 Å². The Kier molecular flexibility index (Phi) is 3.92.